The lowest BCUT2D eigenvalue weighted by molar-refractivity contribution is 0.150. The van der Waals surface area contributed by atoms with Crippen LogP contribution in [0.2, 0.25) is 0 Å². The highest BCUT2D eigenvalue weighted by atomic mass is 79.9. The molecule has 2 unspecified atom stereocenters. The van der Waals surface area contributed by atoms with Crippen LogP contribution in [0.25, 0.3) is 0 Å². The molecule has 0 amide bonds. The van der Waals surface area contributed by atoms with Gasteiger partial charge in [-0.25, -0.2) is 0 Å². The Kier molecular flexibility index (Phi) is 5.43. The molecule has 2 nitrogen and oxygen atoms in total. The average Bonchev–Trinajstić information content (AvgIpc) is 2.58. The van der Waals surface area contributed by atoms with Crippen LogP contribution in [0.3, 0.4) is 0 Å². The third-order valence-corrected chi connectivity index (χ3v) is 4.93. The summed E-state index contributed by atoms with van der Waals surface area (Å²) in [5.41, 5.74) is 8.72. The summed E-state index contributed by atoms with van der Waals surface area (Å²) >= 11 is 3.71. The fraction of sp³-hybridized carbons (Fsp3) is 0.625. The van der Waals surface area contributed by atoms with E-state index >= 15 is 0 Å². The van der Waals surface area contributed by atoms with Gasteiger partial charge in [0.25, 0.3) is 0 Å². The Balaban J connectivity index is 2.27. The van der Waals surface area contributed by atoms with Crippen LogP contribution in [0.5, 0.6) is 0 Å². The van der Waals surface area contributed by atoms with Crippen molar-refractivity contribution in [2.45, 2.75) is 51.6 Å². The molecule has 2 N–H and O–H groups in total. The van der Waals surface area contributed by atoms with Crippen LogP contribution in [0.4, 0.5) is 0 Å². The van der Waals surface area contributed by atoms with Crippen LogP contribution in [0.1, 0.15) is 49.8 Å². The number of nitrogens with zero attached hydrogens (tertiary/aromatic N) is 1. The third kappa shape index (κ3) is 3.59. The van der Waals surface area contributed by atoms with E-state index in [0.29, 0.717) is 18.6 Å². The lowest BCUT2D eigenvalue weighted by Crippen LogP contribution is -2.40. The second-order valence-electron chi connectivity index (χ2n) is 5.71. The normalized spacial score (nSPS) is 23.1. The van der Waals surface area contributed by atoms with E-state index in [9.17, 15) is 0 Å². The van der Waals surface area contributed by atoms with Crippen molar-refractivity contribution in [2.24, 2.45) is 5.73 Å². The van der Waals surface area contributed by atoms with Gasteiger partial charge in [-0.15, -0.1) is 0 Å². The van der Waals surface area contributed by atoms with Crippen LogP contribution >= 0.6 is 15.9 Å². The summed E-state index contributed by atoms with van der Waals surface area (Å²) < 4.78 is 1.19. The number of aryl methyl sites for hydroxylation is 1. The molecular weight excluding hydrogens is 300 g/mol. The largest absolute Gasteiger partial charge is 0.329 e. The number of rotatable bonds is 3. The number of hydrogen-bond acceptors (Lipinski definition) is 2. The maximum absolute atomic E-state index is 6.09. The van der Waals surface area contributed by atoms with Gasteiger partial charge in [0.1, 0.15) is 0 Å². The molecule has 0 aliphatic carbocycles. The van der Waals surface area contributed by atoms with Crippen molar-refractivity contribution in [3.05, 3.63) is 33.8 Å². The quantitative estimate of drug-likeness (QED) is 0.909. The minimum absolute atomic E-state index is 0.336. The molecule has 1 aliphatic rings. The number of likely N-dealkylation sites (tertiary alicyclic amines) is 1. The van der Waals surface area contributed by atoms with Crippen LogP contribution < -0.4 is 5.73 Å². The van der Waals surface area contributed by atoms with Gasteiger partial charge in [-0.05, 0) is 50.4 Å². The van der Waals surface area contributed by atoms with Gasteiger partial charge in [-0.2, -0.15) is 0 Å². The molecule has 2 atom stereocenters. The molecular formula is C16H25BrN2. The highest BCUT2D eigenvalue weighted by molar-refractivity contribution is 9.10. The van der Waals surface area contributed by atoms with E-state index in [1.54, 1.807) is 0 Å². The zero-order valence-electron chi connectivity index (χ0n) is 12.0. The maximum Gasteiger partial charge on any atom is 0.0484 e. The number of benzene rings is 1. The Morgan fingerprint density at radius 2 is 2.16 bits per heavy atom. The molecule has 1 fully saturated rings. The highest BCUT2D eigenvalue weighted by Crippen LogP contribution is 2.32. The number of halogens is 1. The van der Waals surface area contributed by atoms with Crippen LogP contribution in [-0.2, 0) is 0 Å². The van der Waals surface area contributed by atoms with E-state index in [1.165, 1.54) is 47.8 Å². The summed E-state index contributed by atoms with van der Waals surface area (Å²) in [5.74, 6) is 0. The summed E-state index contributed by atoms with van der Waals surface area (Å²) in [4.78, 5) is 2.60. The Hall–Kier alpha value is -0.380. The number of nitrogens with two attached hydrogens (primary N) is 1. The first-order chi connectivity index (χ1) is 9.13. The molecule has 2 rings (SSSR count). The molecule has 1 aliphatic heterocycles. The van der Waals surface area contributed by atoms with Crippen LogP contribution in [0, 0.1) is 6.92 Å². The molecule has 106 valence electrons. The Bertz CT molecular complexity index is 419. The predicted octanol–water partition coefficient (Wildman–Crippen LogP) is 4.02. The summed E-state index contributed by atoms with van der Waals surface area (Å²) in [7, 11) is 0. The van der Waals surface area contributed by atoms with Gasteiger partial charge in [-0.3, -0.25) is 4.90 Å². The monoisotopic (exact) mass is 324 g/mol. The SMILES string of the molecule is Cc1ccc(C(CN)N2CCCCCC2C)c(Br)c1. The second kappa shape index (κ2) is 6.87. The van der Waals surface area contributed by atoms with Crippen molar-refractivity contribution in [3.8, 4) is 0 Å². The molecule has 0 saturated carbocycles. The highest BCUT2D eigenvalue weighted by Gasteiger charge is 2.26. The summed E-state index contributed by atoms with van der Waals surface area (Å²) in [6.45, 7) is 6.33. The standard InChI is InChI=1S/C16H25BrN2/c1-12-7-8-14(15(17)10-12)16(11-18)19-9-5-3-4-6-13(19)2/h7-8,10,13,16H,3-6,9,11,18H2,1-2H3. The lowest BCUT2D eigenvalue weighted by atomic mass is 10.0. The van der Waals surface area contributed by atoms with Crippen molar-refractivity contribution >= 4 is 15.9 Å². The van der Waals surface area contributed by atoms with E-state index < -0.39 is 0 Å². The molecule has 3 heteroatoms. The van der Waals surface area contributed by atoms with Crippen LogP contribution in [-0.4, -0.2) is 24.0 Å². The first-order valence-corrected chi connectivity index (χ1v) is 8.14. The molecule has 0 radical (unpaired) electrons. The van der Waals surface area contributed by atoms with Gasteiger partial charge in [0.2, 0.25) is 0 Å². The molecule has 1 saturated heterocycles. The van der Waals surface area contributed by atoms with Gasteiger partial charge in [0.05, 0.1) is 0 Å². The lowest BCUT2D eigenvalue weighted by Gasteiger charge is -2.35. The van der Waals surface area contributed by atoms with Gasteiger partial charge >= 0.3 is 0 Å². The summed E-state index contributed by atoms with van der Waals surface area (Å²) in [6, 6.07) is 7.58. The fourth-order valence-corrected chi connectivity index (χ4v) is 3.86. The summed E-state index contributed by atoms with van der Waals surface area (Å²) in [6.07, 6.45) is 5.29. The minimum Gasteiger partial charge on any atom is -0.329 e. The topological polar surface area (TPSA) is 29.3 Å². The molecule has 0 bridgehead atoms. The van der Waals surface area contributed by atoms with E-state index in [2.05, 4.69) is 52.9 Å². The minimum atomic E-state index is 0.336. The molecule has 0 spiro atoms. The van der Waals surface area contributed by atoms with Gasteiger partial charge in [0, 0.05) is 23.1 Å². The Morgan fingerprint density at radius 3 is 2.84 bits per heavy atom. The molecule has 1 aromatic rings. The van der Waals surface area contributed by atoms with Gasteiger partial charge < -0.3 is 5.73 Å². The zero-order valence-corrected chi connectivity index (χ0v) is 13.6. The predicted molar refractivity (Wildman–Crippen MR) is 85.3 cm³/mol. The molecule has 1 aromatic carbocycles. The van der Waals surface area contributed by atoms with E-state index in [1.807, 2.05) is 0 Å². The van der Waals surface area contributed by atoms with E-state index in [4.69, 9.17) is 5.73 Å². The molecule has 0 aromatic heterocycles. The summed E-state index contributed by atoms with van der Waals surface area (Å²) in [5, 5.41) is 0. The van der Waals surface area contributed by atoms with Crippen molar-refractivity contribution in [1.29, 1.82) is 0 Å². The smallest absolute Gasteiger partial charge is 0.0484 e. The fourth-order valence-electron chi connectivity index (χ4n) is 3.10. The first-order valence-electron chi connectivity index (χ1n) is 7.35. The van der Waals surface area contributed by atoms with Gasteiger partial charge in [-0.1, -0.05) is 40.9 Å². The van der Waals surface area contributed by atoms with E-state index in [-0.39, 0.29) is 0 Å². The van der Waals surface area contributed by atoms with Crippen molar-refractivity contribution in [1.82, 2.24) is 4.90 Å². The second-order valence-corrected chi connectivity index (χ2v) is 6.57. The maximum atomic E-state index is 6.09. The third-order valence-electron chi connectivity index (χ3n) is 4.24. The number of hydrogen-bond donors (Lipinski definition) is 1. The van der Waals surface area contributed by atoms with Crippen LogP contribution in [0.15, 0.2) is 22.7 Å². The molecule has 1 heterocycles. The zero-order chi connectivity index (χ0) is 13.8. The Labute approximate surface area is 125 Å². The van der Waals surface area contributed by atoms with Crippen molar-refractivity contribution in [3.63, 3.8) is 0 Å². The first kappa shape index (κ1) is 15.0. The molecule has 19 heavy (non-hydrogen) atoms. The van der Waals surface area contributed by atoms with Crippen molar-refractivity contribution < 1.29 is 0 Å². The average molecular weight is 325 g/mol. The Morgan fingerprint density at radius 1 is 1.37 bits per heavy atom. The van der Waals surface area contributed by atoms with Gasteiger partial charge in [0.15, 0.2) is 0 Å². The van der Waals surface area contributed by atoms with E-state index in [0.717, 1.165) is 0 Å². The van der Waals surface area contributed by atoms with Crippen molar-refractivity contribution in [2.75, 3.05) is 13.1 Å².